The molecule has 1 aliphatic carbocycles. The Bertz CT molecular complexity index is 816. The highest BCUT2D eigenvalue weighted by Gasteiger charge is 2.33. The summed E-state index contributed by atoms with van der Waals surface area (Å²) in [7, 11) is 1.82. The molecule has 1 saturated carbocycles. The largest absolute Gasteiger partial charge is 0.398 e. The molecule has 1 aromatic rings. The summed E-state index contributed by atoms with van der Waals surface area (Å²) >= 11 is 12.3. The van der Waals surface area contributed by atoms with E-state index in [2.05, 4.69) is 10.3 Å². The van der Waals surface area contributed by atoms with Crippen molar-refractivity contribution in [3.8, 4) is 0 Å². The van der Waals surface area contributed by atoms with Crippen LogP contribution in [0.5, 0.6) is 0 Å². The van der Waals surface area contributed by atoms with Crippen LogP contribution in [0.1, 0.15) is 51.0 Å². The van der Waals surface area contributed by atoms with E-state index in [1.165, 1.54) is 25.7 Å². The van der Waals surface area contributed by atoms with Gasteiger partial charge < -0.3 is 16.0 Å². The molecule has 0 bridgehead atoms. The van der Waals surface area contributed by atoms with E-state index in [0.717, 1.165) is 32.3 Å². The summed E-state index contributed by atoms with van der Waals surface area (Å²) in [6.07, 6.45) is 9.39. The van der Waals surface area contributed by atoms with Crippen molar-refractivity contribution in [1.82, 2.24) is 10.2 Å². The van der Waals surface area contributed by atoms with Gasteiger partial charge in [0.2, 0.25) is 6.41 Å². The Morgan fingerprint density at radius 2 is 2.03 bits per heavy atom. The lowest BCUT2D eigenvalue weighted by molar-refractivity contribution is -0.117. The van der Waals surface area contributed by atoms with Crippen LogP contribution in [0.3, 0.4) is 0 Å². The molecule has 8 heteroatoms. The van der Waals surface area contributed by atoms with Crippen molar-refractivity contribution in [1.29, 1.82) is 5.41 Å². The molecule has 0 saturated heterocycles. The molecule has 0 heterocycles. The molecular formula is C22H31Cl2N5O. The highest BCUT2D eigenvalue weighted by Crippen LogP contribution is 2.43. The number of aliphatic imine (C=N–C) groups is 1. The van der Waals surface area contributed by atoms with E-state index in [1.807, 2.05) is 7.05 Å². The Labute approximate surface area is 189 Å². The van der Waals surface area contributed by atoms with Crippen molar-refractivity contribution < 1.29 is 4.79 Å². The normalized spacial score (nSPS) is 16.4. The summed E-state index contributed by atoms with van der Waals surface area (Å²) in [6, 6.07) is 5.23. The van der Waals surface area contributed by atoms with Crippen LogP contribution in [-0.4, -0.2) is 43.6 Å². The third-order valence-electron chi connectivity index (χ3n) is 5.92. The van der Waals surface area contributed by atoms with Gasteiger partial charge in [0.1, 0.15) is 0 Å². The van der Waals surface area contributed by atoms with Crippen LogP contribution < -0.4 is 11.1 Å². The van der Waals surface area contributed by atoms with Crippen molar-refractivity contribution >= 4 is 47.5 Å². The van der Waals surface area contributed by atoms with Gasteiger partial charge in [-0.1, -0.05) is 48.2 Å². The maximum absolute atomic E-state index is 10.9. The van der Waals surface area contributed by atoms with Crippen LogP contribution in [0.15, 0.2) is 28.8 Å². The van der Waals surface area contributed by atoms with E-state index in [4.69, 9.17) is 34.3 Å². The van der Waals surface area contributed by atoms with Gasteiger partial charge in [0, 0.05) is 37.0 Å². The molecule has 164 valence electrons. The van der Waals surface area contributed by atoms with E-state index >= 15 is 0 Å². The van der Waals surface area contributed by atoms with E-state index in [0.29, 0.717) is 26.9 Å². The lowest BCUT2D eigenvalue weighted by atomic mass is 9.79. The van der Waals surface area contributed by atoms with Crippen LogP contribution >= 0.6 is 23.2 Å². The summed E-state index contributed by atoms with van der Waals surface area (Å²) in [5.41, 5.74) is 7.98. The zero-order chi connectivity index (χ0) is 22.1. The van der Waals surface area contributed by atoms with E-state index in [1.54, 1.807) is 36.4 Å². The first-order valence-electron chi connectivity index (χ1n) is 10.2. The first-order chi connectivity index (χ1) is 14.3. The van der Waals surface area contributed by atoms with Gasteiger partial charge >= 0.3 is 0 Å². The number of nitrogens with two attached hydrogens (primary N) is 1. The van der Waals surface area contributed by atoms with Crippen molar-refractivity contribution in [3.05, 3.63) is 39.4 Å². The zero-order valence-electron chi connectivity index (χ0n) is 17.7. The standard InChI is InChI=1S/C22H31Cl2N5O/c1-16(20(25)17-6-5-7-18(23)19(17)24)21(26)28-14-27-12-10-22(8-3-4-9-22)11-13-29(2)15-30/h5-7,14-15H,3-4,8-13,25H2,1-2H3,(H2,26,27,28)/b20-16-. The second-order valence-corrected chi connectivity index (χ2v) is 8.78. The second-order valence-electron chi connectivity index (χ2n) is 7.99. The molecule has 2 rings (SSSR count). The lowest BCUT2D eigenvalue weighted by Gasteiger charge is -2.30. The fourth-order valence-electron chi connectivity index (χ4n) is 3.87. The third-order valence-corrected chi connectivity index (χ3v) is 6.74. The lowest BCUT2D eigenvalue weighted by Crippen LogP contribution is -2.29. The van der Waals surface area contributed by atoms with Gasteiger partial charge in [-0.25, -0.2) is 4.99 Å². The number of amidine groups is 1. The summed E-state index contributed by atoms with van der Waals surface area (Å²) in [6.45, 7) is 3.31. The smallest absolute Gasteiger partial charge is 0.209 e. The zero-order valence-corrected chi connectivity index (χ0v) is 19.2. The SMILES string of the molecule is C/C(C(=N)/N=C/NCCC1(CCN(C)C=O)CCCC1)=C(/N)c1cccc(Cl)c1Cl. The molecule has 0 radical (unpaired) electrons. The molecular weight excluding hydrogens is 421 g/mol. The van der Waals surface area contributed by atoms with Crippen LogP contribution in [0.25, 0.3) is 5.70 Å². The van der Waals surface area contributed by atoms with Gasteiger partial charge in [-0.2, -0.15) is 0 Å². The minimum Gasteiger partial charge on any atom is -0.398 e. The van der Waals surface area contributed by atoms with Crippen LogP contribution in [0.4, 0.5) is 0 Å². The fraction of sp³-hybridized carbons (Fsp3) is 0.500. The van der Waals surface area contributed by atoms with Crippen molar-refractivity contribution in [2.24, 2.45) is 16.1 Å². The minimum atomic E-state index is 0.0687. The Balaban J connectivity index is 1.90. The van der Waals surface area contributed by atoms with E-state index in [-0.39, 0.29) is 11.3 Å². The van der Waals surface area contributed by atoms with Gasteiger partial charge in [0.15, 0.2) is 5.84 Å². The first-order valence-corrected chi connectivity index (χ1v) is 11.0. The topological polar surface area (TPSA) is 94.6 Å². The minimum absolute atomic E-state index is 0.0687. The van der Waals surface area contributed by atoms with Crippen molar-refractivity contribution in [2.75, 3.05) is 20.1 Å². The summed E-state index contributed by atoms with van der Waals surface area (Å²) in [5, 5.41) is 12.2. The monoisotopic (exact) mass is 451 g/mol. The Morgan fingerprint density at radius 3 is 2.70 bits per heavy atom. The number of nitrogens with zero attached hydrogens (tertiary/aromatic N) is 2. The Kier molecular flexibility index (Phi) is 9.18. The number of hydrogen-bond acceptors (Lipinski definition) is 3. The number of carbonyl (C=O) groups is 1. The Hall–Kier alpha value is -2.05. The fourth-order valence-corrected chi connectivity index (χ4v) is 4.27. The third kappa shape index (κ3) is 6.47. The molecule has 1 aromatic carbocycles. The molecule has 1 fully saturated rings. The quantitative estimate of drug-likeness (QED) is 0.208. The summed E-state index contributed by atoms with van der Waals surface area (Å²) < 4.78 is 0. The van der Waals surface area contributed by atoms with Crippen LogP contribution in [-0.2, 0) is 4.79 Å². The molecule has 0 spiro atoms. The second kappa shape index (κ2) is 11.4. The van der Waals surface area contributed by atoms with Crippen molar-refractivity contribution in [2.45, 2.75) is 45.4 Å². The first kappa shape index (κ1) is 24.2. The number of carbonyl (C=O) groups excluding carboxylic acids is 1. The number of nitrogens with one attached hydrogen (secondary N) is 2. The summed E-state index contributed by atoms with van der Waals surface area (Å²) in [4.78, 5) is 16.7. The highest BCUT2D eigenvalue weighted by molar-refractivity contribution is 6.43. The Morgan fingerprint density at radius 1 is 1.33 bits per heavy atom. The molecule has 30 heavy (non-hydrogen) atoms. The molecule has 0 aromatic heterocycles. The molecule has 1 amide bonds. The number of amides is 1. The van der Waals surface area contributed by atoms with Crippen LogP contribution in [0, 0.1) is 10.8 Å². The van der Waals surface area contributed by atoms with Gasteiger partial charge in [0.25, 0.3) is 0 Å². The highest BCUT2D eigenvalue weighted by atomic mass is 35.5. The summed E-state index contributed by atoms with van der Waals surface area (Å²) in [5.74, 6) is 0.0687. The molecule has 0 atom stereocenters. The number of halogens is 2. The van der Waals surface area contributed by atoms with Gasteiger partial charge in [-0.3, -0.25) is 10.2 Å². The van der Waals surface area contributed by atoms with Gasteiger partial charge in [-0.05, 0) is 44.1 Å². The average Bonchev–Trinajstić information content (AvgIpc) is 3.21. The van der Waals surface area contributed by atoms with Gasteiger partial charge in [0.05, 0.1) is 16.4 Å². The predicted molar refractivity (Wildman–Crippen MR) is 126 cm³/mol. The van der Waals surface area contributed by atoms with Crippen molar-refractivity contribution in [3.63, 3.8) is 0 Å². The number of benzene rings is 1. The molecule has 4 N–H and O–H groups in total. The molecule has 0 aliphatic heterocycles. The van der Waals surface area contributed by atoms with E-state index < -0.39 is 0 Å². The maximum Gasteiger partial charge on any atom is 0.209 e. The van der Waals surface area contributed by atoms with E-state index in [9.17, 15) is 4.79 Å². The molecule has 0 unspecified atom stereocenters. The molecule has 6 nitrogen and oxygen atoms in total. The maximum atomic E-state index is 10.9. The average molecular weight is 452 g/mol. The van der Waals surface area contributed by atoms with Gasteiger partial charge in [-0.15, -0.1) is 0 Å². The number of hydrogen-bond donors (Lipinski definition) is 3. The molecule has 1 aliphatic rings. The predicted octanol–water partition coefficient (Wildman–Crippen LogP) is 4.71. The van der Waals surface area contributed by atoms with Crippen LogP contribution in [0.2, 0.25) is 10.0 Å². The number of rotatable bonds is 10.